The molecule has 0 unspecified atom stereocenters. The van der Waals surface area contributed by atoms with E-state index < -0.39 is 10.0 Å². The summed E-state index contributed by atoms with van der Waals surface area (Å²) in [5.41, 5.74) is 3.06. The van der Waals surface area contributed by atoms with Crippen molar-refractivity contribution in [1.82, 2.24) is 4.90 Å². The van der Waals surface area contributed by atoms with Crippen molar-refractivity contribution >= 4 is 15.7 Å². The van der Waals surface area contributed by atoms with Crippen LogP contribution >= 0.6 is 0 Å². The number of anilines is 1. The Labute approximate surface area is 160 Å². The van der Waals surface area contributed by atoms with E-state index in [1.54, 1.807) is 13.2 Å². The number of sulfonamides is 1. The van der Waals surface area contributed by atoms with Gasteiger partial charge in [0.1, 0.15) is 5.75 Å². The highest BCUT2D eigenvalue weighted by Crippen LogP contribution is 2.36. The minimum absolute atomic E-state index is 0.132. The van der Waals surface area contributed by atoms with Gasteiger partial charge in [-0.05, 0) is 75.3 Å². The Bertz CT molecular complexity index is 977. The molecule has 0 bridgehead atoms. The van der Waals surface area contributed by atoms with Crippen molar-refractivity contribution in [3.05, 3.63) is 53.1 Å². The van der Waals surface area contributed by atoms with Crippen molar-refractivity contribution in [2.24, 2.45) is 0 Å². The second-order valence-electron chi connectivity index (χ2n) is 6.87. The number of nitrogens with one attached hydrogen (secondary N) is 1. The summed E-state index contributed by atoms with van der Waals surface area (Å²) in [6.45, 7) is 0. The van der Waals surface area contributed by atoms with Gasteiger partial charge >= 0.3 is 0 Å². The Kier molecular flexibility index (Phi) is 5.40. The number of fused-ring (bicyclic) bond motifs is 1. The first-order valence-corrected chi connectivity index (χ1v) is 10.2. The lowest BCUT2D eigenvalue weighted by Gasteiger charge is -2.32. The van der Waals surface area contributed by atoms with Crippen molar-refractivity contribution in [2.75, 3.05) is 25.9 Å². The fraction of sp³-hybridized carbons (Fsp3) is 0.350. The summed E-state index contributed by atoms with van der Waals surface area (Å²) in [6, 6.07) is 11.8. The van der Waals surface area contributed by atoms with Gasteiger partial charge in [-0.1, -0.05) is 0 Å². The highest BCUT2D eigenvalue weighted by molar-refractivity contribution is 7.92. The van der Waals surface area contributed by atoms with Crippen LogP contribution in [-0.2, 0) is 22.9 Å². The van der Waals surface area contributed by atoms with Crippen molar-refractivity contribution < 1.29 is 13.2 Å². The fourth-order valence-corrected chi connectivity index (χ4v) is 4.56. The van der Waals surface area contributed by atoms with Gasteiger partial charge in [0, 0.05) is 11.6 Å². The summed E-state index contributed by atoms with van der Waals surface area (Å²) in [4.78, 5) is 2.32. The first-order chi connectivity index (χ1) is 12.9. The van der Waals surface area contributed by atoms with Crippen LogP contribution in [0, 0.1) is 11.3 Å². The van der Waals surface area contributed by atoms with E-state index in [0.717, 1.165) is 36.1 Å². The van der Waals surface area contributed by atoms with Crippen LogP contribution < -0.4 is 9.46 Å². The molecule has 7 heteroatoms. The average molecular weight is 385 g/mol. The maximum atomic E-state index is 12.8. The highest BCUT2D eigenvalue weighted by atomic mass is 32.2. The van der Waals surface area contributed by atoms with Gasteiger partial charge in [-0.3, -0.25) is 4.72 Å². The molecule has 142 valence electrons. The molecule has 0 fully saturated rings. The number of nitrogens with zero attached hydrogens (tertiary/aromatic N) is 2. The van der Waals surface area contributed by atoms with Crippen molar-refractivity contribution in [2.45, 2.75) is 30.2 Å². The smallest absolute Gasteiger partial charge is 0.261 e. The Balaban J connectivity index is 1.96. The lowest BCUT2D eigenvalue weighted by Crippen LogP contribution is -2.34. The molecule has 0 aliphatic heterocycles. The second-order valence-corrected chi connectivity index (χ2v) is 8.56. The number of ether oxygens (including phenoxy) is 1. The molecule has 6 nitrogen and oxygen atoms in total. The Morgan fingerprint density at radius 2 is 1.85 bits per heavy atom. The lowest BCUT2D eigenvalue weighted by molar-refractivity contribution is 0.265. The van der Waals surface area contributed by atoms with Crippen LogP contribution in [0.4, 0.5) is 5.69 Å². The molecule has 0 amide bonds. The number of nitriles is 1. The van der Waals surface area contributed by atoms with E-state index in [0.29, 0.717) is 17.3 Å². The molecule has 0 saturated carbocycles. The van der Waals surface area contributed by atoms with E-state index in [2.05, 4.69) is 23.7 Å². The summed E-state index contributed by atoms with van der Waals surface area (Å²) < 4.78 is 33.8. The van der Waals surface area contributed by atoms with Crippen LogP contribution in [-0.4, -0.2) is 40.6 Å². The molecule has 0 heterocycles. The van der Waals surface area contributed by atoms with Gasteiger partial charge in [-0.25, -0.2) is 8.42 Å². The molecule has 1 atom stereocenters. The third-order valence-electron chi connectivity index (χ3n) is 5.04. The molecule has 0 saturated heterocycles. The first-order valence-electron chi connectivity index (χ1n) is 8.74. The van der Waals surface area contributed by atoms with Crippen LogP contribution in [0.1, 0.15) is 23.1 Å². The van der Waals surface area contributed by atoms with Gasteiger partial charge in [-0.15, -0.1) is 0 Å². The second kappa shape index (κ2) is 7.59. The molecule has 2 aromatic carbocycles. The van der Waals surface area contributed by atoms with Gasteiger partial charge in [0.2, 0.25) is 0 Å². The van der Waals surface area contributed by atoms with E-state index in [1.807, 2.05) is 12.1 Å². The van der Waals surface area contributed by atoms with Gasteiger partial charge in [0.25, 0.3) is 10.0 Å². The molecule has 27 heavy (non-hydrogen) atoms. The molecular weight excluding hydrogens is 362 g/mol. The predicted octanol–water partition coefficient (Wildman–Crippen LogP) is 2.79. The zero-order chi connectivity index (χ0) is 19.6. The molecular formula is C20H23N3O3S. The highest BCUT2D eigenvalue weighted by Gasteiger charge is 2.27. The van der Waals surface area contributed by atoms with Gasteiger partial charge < -0.3 is 9.64 Å². The van der Waals surface area contributed by atoms with E-state index in [9.17, 15) is 8.42 Å². The van der Waals surface area contributed by atoms with E-state index in [4.69, 9.17) is 10.00 Å². The lowest BCUT2D eigenvalue weighted by atomic mass is 9.86. The van der Waals surface area contributed by atoms with E-state index in [-0.39, 0.29) is 4.90 Å². The summed E-state index contributed by atoms with van der Waals surface area (Å²) in [7, 11) is 2.01. The normalized spacial score (nSPS) is 16.5. The SMILES string of the molecule is COc1ccc(NS(=O)(=O)c2ccc(C#N)cc2)c2c1C[C@@H](N(C)C)CC2. The van der Waals surface area contributed by atoms with Crippen LogP contribution in [0.5, 0.6) is 5.75 Å². The van der Waals surface area contributed by atoms with Crippen LogP contribution in [0.15, 0.2) is 41.3 Å². The summed E-state index contributed by atoms with van der Waals surface area (Å²) >= 11 is 0. The summed E-state index contributed by atoms with van der Waals surface area (Å²) in [5.74, 6) is 0.790. The molecule has 1 aliphatic rings. The molecule has 1 aliphatic carbocycles. The first kappa shape index (κ1) is 19.2. The van der Waals surface area contributed by atoms with Crippen LogP contribution in [0.25, 0.3) is 0 Å². The van der Waals surface area contributed by atoms with Crippen molar-refractivity contribution in [1.29, 1.82) is 5.26 Å². The van der Waals surface area contributed by atoms with Crippen LogP contribution in [0.3, 0.4) is 0 Å². The molecule has 2 aromatic rings. The molecule has 1 N–H and O–H groups in total. The number of likely N-dealkylation sites (N-methyl/N-ethyl adjacent to an activating group) is 1. The van der Waals surface area contributed by atoms with E-state index in [1.165, 1.54) is 24.3 Å². The van der Waals surface area contributed by atoms with Gasteiger partial charge in [0.15, 0.2) is 0 Å². The van der Waals surface area contributed by atoms with Gasteiger partial charge in [-0.2, -0.15) is 5.26 Å². The molecule has 0 aromatic heterocycles. The largest absolute Gasteiger partial charge is 0.496 e. The topological polar surface area (TPSA) is 82.4 Å². The van der Waals surface area contributed by atoms with Crippen LogP contribution in [0.2, 0.25) is 0 Å². The molecule has 3 rings (SSSR count). The minimum Gasteiger partial charge on any atom is -0.496 e. The zero-order valence-electron chi connectivity index (χ0n) is 15.7. The number of methoxy groups -OCH3 is 1. The third kappa shape index (κ3) is 3.92. The third-order valence-corrected chi connectivity index (χ3v) is 6.43. The summed E-state index contributed by atoms with van der Waals surface area (Å²) in [6.07, 6.45) is 2.55. The van der Waals surface area contributed by atoms with E-state index >= 15 is 0 Å². The maximum Gasteiger partial charge on any atom is 0.261 e. The predicted molar refractivity (Wildman–Crippen MR) is 104 cm³/mol. The number of hydrogen-bond donors (Lipinski definition) is 1. The summed E-state index contributed by atoms with van der Waals surface area (Å²) in [5, 5.41) is 8.88. The number of hydrogen-bond acceptors (Lipinski definition) is 5. The monoisotopic (exact) mass is 385 g/mol. The van der Waals surface area contributed by atoms with Crippen molar-refractivity contribution in [3.8, 4) is 11.8 Å². The molecule has 0 spiro atoms. The van der Waals surface area contributed by atoms with Gasteiger partial charge in [0.05, 0.1) is 29.3 Å². The van der Waals surface area contributed by atoms with Crippen molar-refractivity contribution in [3.63, 3.8) is 0 Å². The Morgan fingerprint density at radius 3 is 2.44 bits per heavy atom. The maximum absolute atomic E-state index is 12.8. The quantitative estimate of drug-likeness (QED) is 0.856. The minimum atomic E-state index is -3.73. The molecule has 0 radical (unpaired) electrons. The zero-order valence-corrected chi connectivity index (χ0v) is 16.5. The Hall–Kier alpha value is -2.56. The number of rotatable bonds is 5. The Morgan fingerprint density at radius 1 is 1.15 bits per heavy atom. The standard InChI is InChI=1S/C20H23N3O3S/c1-23(2)15-6-9-17-18(12-15)20(26-3)11-10-19(17)22-27(24,25)16-7-4-14(13-21)5-8-16/h4-5,7-8,10-11,15,22H,6,9,12H2,1-3H3/t15-/m0/s1. The number of benzene rings is 2. The average Bonchev–Trinajstić information content (AvgIpc) is 2.67. The fourth-order valence-electron chi connectivity index (χ4n) is 3.47.